The van der Waals surface area contributed by atoms with E-state index in [2.05, 4.69) is 41.4 Å². The van der Waals surface area contributed by atoms with Crippen LogP contribution in [-0.2, 0) is 4.79 Å². The van der Waals surface area contributed by atoms with Crippen LogP contribution in [0.4, 0.5) is 0 Å². The summed E-state index contributed by atoms with van der Waals surface area (Å²) in [5.41, 5.74) is 2.35. The molecular weight excluding hydrogens is 248 g/mol. The highest BCUT2D eigenvalue weighted by Crippen LogP contribution is 2.31. The van der Waals surface area contributed by atoms with E-state index in [0.29, 0.717) is 6.54 Å². The second-order valence-corrected chi connectivity index (χ2v) is 5.14. The quantitative estimate of drug-likeness (QED) is 0.926. The zero-order valence-corrected chi connectivity index (χ0v) is 11.5. The number of rotatable bonds is 3. The Kier molecular flexibility index (Phi) is 3.52. The van der Waals surface area contributed by atoms with Gasteiger partial charge in [-0.15, -0.1) is 0 Å². The van der Waals surface area contributed by atoms with Crippen molar-refractivity contribution in [2.75, 3.05) is 6.54 Å². The Morgan fingerprint density at radius 3 is 2.30 bits per heavy atom. The highest BCUT2D eigenvalue weighted by molar-refractivity contribution is 5.80. The van der Waals surface area contributed by atoms with Gasteiger partial charge in [-0.05, 0) is 18.1 Å². The Morgan fingerprint density at radius 1 is 1.05 bits per heavy atom. The van der Waals surface area contributed by atoms with Crippen LogP contribution in [0.15, 0.2) is 60.7 Å². The highest BCUT2D eigenvalue weighted by atomic mass is 16.2. The molecule has 0 aromatic heterocycles. The molecule has 1 saturated heterocycles. The second kappa shape index (κ2) is 5.47. The topological polar surface area (TPSA) is 32.3 Å². The smallest absolute Gasteiger partial charge is 0.235 e. The van der Waals surface area contributed by atoms with Gasteiger partial charge < -0.3 is 5.32 Å². The Bertz CT molecular complexity index is 582. The lowest BCUT2D eigenvalue weighted by Gasteiger charge is -2.29. The molecule has 102 valence electrons. The molecule has 1 heterocycles. The van der Waals surface area contributed by atoms with Gasteiger partial charge in [-0.2, -0.15) is 0 Å². The normalized spacial score (nSPS) is 20.6. The van der Waals surface area contributed by atoms with Crippen LogP contribution in [0.3, 0.4) is 0 Å². The van der Waals surface area contributed by atoms with Crippen molar-refractivity contribution in [3.63, 3.8) is 0 Å². The molecule has 3 nitrogen and oxygen atoms in total. The fraction of sp³-hybridized carbons (Fsp3) is 0.235. The summed E-state index contributed by atoms with van der Waals surface area (Å²) in [6.45, 7) is 2.58. The van der Waals surface area contributed by atoms with E-state index in [4.69, 9.17) is 0 Å². The van der Waals surface area contributed by atoms with Crippen molar-refractivity contribution in [2.24, 2.45) is 0 Å². The van der Waals surface area contributed by atoms with Crippen molar-refractivity contribution in [3.05, 3.63) is 71.8 Å². The van der Waals surface area contributed by atoms with Gasteiger partial charge in [0.2, 0.25) is 5.91 Å². The third-order valence-electron chi connectivity index (χ3n) is 3.85. The zero-order valence-electron chi connectivity index (χ0n) is 11.5. The van der Waals surface area contributed by atoms with Gasteiger partial charge in [-0.25, -0.2) is 0 Å². The molecule has 2 unspecified atom stereocenters. The van der Waals surface area contributed by atoms with Gasteiger partial charge in [-0.1, -0.05) is 60.7 Å². The zero-order chi connectivity index (χ0) is 13.9. The summed E-state index contributed by atoms with van der Waals surface area (Å²) in [4.78, 5) is 14.0. The van der Waals surface area contributed by atoms with Gasteiger partial charge in [0.15, 0.2) is 0 Å². The van der Waals surface area contributed by atoms with Crippen molar-refractivity contribution < 1.29 is 4.79 Å². The summed E-state index contributed by atoms with van der Waals surface area (Å²) in [6, 6.07) is 20.6. The summed E-state index contributed by atoms with van der Waals surface area (Å²) in [7, 11) is 0. The maximum absolute atomic E-state index is 11.8. The van der Waals surface area contributed by atoms with Crippen molar-refractivity contribution >= 4 is 5.91 Å². The fourth-order valence-corrected chi connectivity index (χ4v) is 2.73. The van der Waals surface area contributed by atoms with Crippen LogP contribution >= 0.6 is 0 Å². The van der Waals surface area contributed by atoms with E-state index in [1.807, 2.05) is 36.4 Å². The van der Waals surface area contributed by atoms with Crippen LogP contribution in [0.5, 0.6) is 0 Å². The second-order valence-electron chi connectivity index (χ2n) is 5.14. The molecular formula is C17H18N2O. The van der Waals surface area contributed by atoms with Gasteiger partial charge in [-0.3, -0.25) is 9.69 Å². The van der Waals surface area contributed by atoms with E-state index in [-0.39, 0.29) is 18.1 Å². The average Bonchev–Trinajstić information content (AvgIpc) is 2.90. The third kappa shape index (κ3) is 2.45. The van der Waals surface area contributed by atoms with Gasteiger partial charge in [0.1, 0.15) is 6.17 Å². The van der Waals surface area contributed by atoms with Crippen LogP contribution in [0.25, 0.3) is 0 Å². The maximum Gasteiger partial charge on any atom is 0.235 e. The molecule has 3 rings (SSSR count). The van der Waals surface area contributed by atoms with Gasteiger partial charge in [0.05, 0.1) is 6.54 Å². The standard InChI is InChI=1S/C17H18N2O/c1-13(14-8-4-2-5-9-14)19-12-16(20)18-17(19)15-10-6-3-7-11-15/h2-11,13,17H,12H2,1H3,(H,18,20). The third-order valence-corrected chi connectivity index (χ3v) is 3.85. The van der Waals surface area contributed by atoms with E-state index < -0.39 is 0 Å². The summed E-state index contributed by atoms with van der Waals surface area (Å²) in [5.74, 6) is 0.0848. The molecule has 1 fully saturated rings. The van der Waals surface area contributed by atoms with Gasteiger partial charge in [0, 0.05) is 6.04 Å². The van der Waals surface area contributed by atoms with Crippen molar-refractivity contribution in [3.8, 4) is 0 Å². The number of benzene rings is 2. The average molecular weight is 266 g/mol. The van der Waals surface area contributed by atoms with Crippen LogP contribution < -0.4 is 5.32 Å². The monoisotopic (exact) mass is 266 g/mol. The van der Waals surface area contributed by atoms with E-state index >= 15 is 0 Å². The van der Waals surface area contributed by atoms with Crippen molar-refractivity contribution in [1.29, 1.82) is 0 Å². The van der Waals surface area contributed by atoms with E-state index in [9.17, 15) is 4.79 Å². The molecule has 1 amide bonds. The molecule has 0 bridgehead atoms. The molecule has 0 aliphatic carbocycles. The number of nitrogens with zero attached hydrogens (tertiary/aromatic N) is 1. The number of carbonyl (C=O) groups excluding carboxylic acids is 1. The summed E-state index contributed by atoms with van der Waals surface area (Å²) >= 11 is 0. The van der Waals surface area contributed by atoms with Crippen LogP contribution in [0.1, 0.15) is 30.3 Å². The molecule has 0 spiro atoms. The highest BCUT2D eigenvalue weighted by Gasteiger charge is 2.34. The number of hydrogen-bond donors (Lipinski definition) is 1. The minimum absolute atomic E-state index is 0.0427. The first kappa shape index (κ1) is 12.9. The largest absolute Gasteiger partial charge is 0.335 e. The molecule has 1 N–H and O–H groups in total. The minimum atomic E-state index is -0.0427. The lowest BCUT2D eigenvalue weighted by atomic mass is 10.1. The van der Waals surface area contributed by atoms with Gasteiger partial charge >= 0.3 is 0 Å². The Morgan fingerprint density at radius 2 is 1.65 bits per heavy atom. The Balaban J connectivity index is 1.89. The van der Waals surface area contributed by atoms with E-state index in [1.165, 1.54) is 5.56 Å². The van der Waals surface area contributed by atoms with Crippen LogP contribution in [0.2, 0.25) is 0 Å². The molecule has 0 saturated carbocycles. The summed E-state index contributed by atoms with van der Waals surface area (Å²) in [5, 5.41) is 3.06. The number of amides is 1. The lowest BCUT2D eigenvalue weighted by molar-refractivity contribution is -0.118. The summed E-state index contributed by atoms with van der Waals surface area (Å²) < 4.78 is 0. The molecule has 20 heavy (non-hydrogen) atoms. The molecule has 3 heteroatoms. The predicted octanol–water partition coefficient (Wildman–Crippen LogP) is 2.88. The Labute approximate surface area is 119 Å². The minimum Gasteiger partial charge on any atom is -0.335 e. The number of nitrogens with one attached hydrogen (secondary N) is 1. The first-order valence-corrected chi connectivity index (χ1v) is 6.91. The molecule has 2 aromatic carbocycles. The number of carbonyl (C=O) groups is 1. The first-order chi connectivity index (χ1) is 9.75. The molecule has 2 atom stereocenters. The predicted molar refractivity (Wildman–Crippen MR) is 78.9 cm³/mol. The lowest BCUT2D eigenvalue weighted by Crippen LogP contribution is -2.30. The fourth-order valence-electron chi connectivity index (χ4n) is 2.73. The van der Waals surface area contributed by atoms with E-state index in [1.54, 1.807) is 0 Å². The molecule has 2 aromatic rings. The van der Waals surface area contributed by atoms with Crippen molar-refractivity contribution in [2.45, 2.75) is 19.1 Å². The van der Waals surface area contributed by atoms with Crippen molar-refractivity contribution in [1.82, 2.24) is 10.2 Å². The maximum atomic E-state index is 11.8. The Hall–Kier alpha value is -2.13. The molecule has 0 radical (unpaired) electrons. The van der Waals surface area contributed by atoms with Crippen LogP contribution in [-0.4, -0.2) is 17.4 Å². The SMILES string of the molecule is CC(c1ccccc1)N1CC(=O)NC1c1ccccc1. The molecule has 1 aliphatic rings. The van der Waals surface area contributed by atoms with E-state index in [0.717, 1.165) is 5.56 Å². The number of hydrogen-bond acceptors (Lipinski definition) is 2. The van der Waals surface area contributed by atoms with Gasteiger partial charge in [0.25, 0.3) is 0 Å². The summed E-state index contributed by atoms with van der Waals surface area (Å²) in [6.07, 6.45) is -0.0427. The van der Waals surface area contributed by atoms with Crippen LogP contribution in [0, 0.1) is 0 Å². The molecule has 1 aliphatic heterocycles. The first-order valence-electron chi connectivity index (χ1n) is 6.91.